The molecule has 2 aromatic rings. The standard InChI is InChI=1S/C20H24N4O2S/c25-19(22-18-6-5-16(14-21-18)23-9-1-2-10-23)15-7-11-24(12-8-15)20(26)17-4-3-13-27-17/h3-6,13-15H,1-2,7-12H2,(H,21,22,25). The highest BCUT2D eigenvalue weighted by atomic mass is 32.1. The number of hydrogen-bond acceptors (Lipinski definition) is 5. The van der Waals surface area contributed by atoms with Crippen molar-refractivity contribution in [1.29, 1.82) is 0 Å². The Labute approximate surface area is 163 Å². The summed E-state index contributed by atoms with van der Waals surface area (Å²) in [4.78, 5) is 34.3. The van der Waals surface area contributed by atoms with Crippen molar-refractivity contribution in [2.24, 2.45) is 5.92 Å². The zero-order chi connectivity index (χ0) is 18.6. The molecule has 4 heterocycles. The van der Waals surface area contributed by atoms with Gasteiger partial charge in [0, 0.05) is 32.1 Å². The summed E-state index contributed by atoms with van der Waals surface area (Å²) in [6, 6.07) is 7.64. The van der Waals surface area contributed by atoms with Crippen LogP contribution < -0.4 is 10.2 Å². The first-order valence-corrected chi connectivity index (χ1v) is 10.4. The van der Waals surface area contributed by atoms with Gasteiger partial charge in [0.15, 0.2) is 0 Å². The molecule has 0 saturated carbocycles. The molecule has 2 aliphatic heterocycles. The smallest absolute Gasteiger partial charge is 0.263 e. The van der Waals surface area contributed by atoms with Crippen molar-refractivity contribution < 1.29 is 9.59 Å². The Balaban J connectivity index is 1.28. The number of hydrogen-bond donors (Lipinski definition) is 1. The number of aromatic nitrogens is 1. The van der Waals surface area contributed by atoms with Crippen LogP contribution in [0.4, 0.5) is 11.5 Å². The van der Waals surface area contributed by atoms with Crippen LogP contribution in [0.1, 0.15) is 35.4 Å². The van der Waals surface area contributed by atoms with Gasteiger partial charge in [-0.15, -0.1) is 11.3 Å². The van der Waals surface area contributed by atoms with Gasteiger partial charge in [0.1, 0.15) is 5.82 Å². The van der Waals surface area contributed by atoms with Gasteiger partial charge in [-0.3, -0.25) is 9.59 Å². The summed E-state index contributed by atoms with van der Waals surface area (Å²) in [5.74, 6) is 0.597. The van der Waals surface area contributed by atoms with Gasteiger partial charge in [-0.05, 0) is 49.3 Å². The summed E-state index contributed by atoms with van der Waals surface area (Å²) >= 11 is 1.46. The zero-order valence-corrected chi connectivity index (χ0v) is 16.1. The number of thiophene rings is 1. The van der Waals surface area contributed by atoms with E-state index in [4.69, 9.17) is 0 Å². The molecule has 2 aromatic heterocycles. The fourth-order valence-electron chi connectivity index (χ4n) is 3.75. The fourth-order valence-corrected chi connectivity index (χ4v) is 4.44. The molecular formula is C20H24N4O2S. The predicted molar refractivity (Wildman–Crippen MR) is 107 cm³/mol. The van der Waals surface area contributed by atoms with Crippen molar-refractivity contribution in [3.63, 3.8) is 0 Å². The van der Waals surface area contributed by atoms with E-state index in [1.807, 2.05) is 40.7 Å². The summed E-state index contributed by atoms with van der Waals surface area (Å²) < 4.78 is 0. The van der Waals surface area contributed by atoms with E-state index < -0.39 is 0 Å². The van der Waals surface area contributed by atoms with Crippen molar-refractivity contribution in [2.45, 2.75) is 25.7 Å². The van der Waals surface area contributed by atoms with Crippen molar-refractivity contribution in [3.05, 3.63) is 40.7 Å². The molecule has 2 fully saturated rings. The maximum Gasteiger partial charge on any atom is 0.263 e. The third-order valence-corrected chi connectivity index (χ3v) is 6.21. The normalized spacial score (nSPS) is 17.9. The second kappa shape index (κ2) is 8.08. The highest BCUT2D eigenvalue weighted by Crippen LogP contribution is 2.23. The van der Waals surface area contributed by atoms with E-state index in [1.165, 1.54) is 24.2 Å². The van der Waals surface area contributed by atoms with Gasteiger partial charge in [0.2, 0.25) is 5.91 Å². The monoisotopic (exact) mass is 384 g/mol. The number of rotatable bonds is 4. The number of carbonyl (C=O) groups excluding carboxylic acids is 2. The lowest BCUT2D eigenvalue weighted by Gasteiger charge is -2.31. The average molecular weight is 385 g/mol. The van der Waals surface area contributed by atoms with Crippen molar-refractivity contribution in [1.82, 2.24) is 9.88 Å². The Morgan fingerprint density at radius 3 is 2.48 bits per heavy atom. The van der Waals surface area contributed by atoms with Crippen molar-refractivity contribution >= 4 is 34.7 Å². The maximum atomic E-state index is 12.6. The molecule has 0 radical (unpaired) electrons. The number of likely N-dealkylation sites (tertiary alicyclic amines) is 1. The predicted octanol–water partition coefficient (Wildman–Crippen LogP) is 3.23. The number of anilines is 2. The average Bonchev–Trinajstić information content (AvgIpc) is 3.42. The Bertz CT molecular complexity index is 777. The molecular weight excluding hydrogens is 360 g/mol. The van der Waals surface area contributed by atoms with Crippen LogP contribution in [0.15, 0.2) is 35.8 Å². The number of nitrogens with zero attached hydrogens (tertiary/aromatic N) is 3. The molecule has 0 aliphatic carbocycles. The molecule has 0 unspecified atom stereocenters. The van der Waals surface area contributed by atoms with E-state index in [0.29, 0.717) is 31.7 Å². The van der Waals surface area contributed by atoms with E-state index in [1.54, 1.807) is 0 Å². The Kier molecular flexibility index (Phi) is 5.38. The van der Waals surface area contributed by atoms with Gasteiger partial charge in [-0.2, -0.15) is 0 Å². The number of carbonyl (C=O) groups is 2. The number of pyridine rings is 1. The third kappa shape index (κ3) is 4.13. The Hall–Kier alpha value is -2.41. The minimum atomic E-state index is -0.0718. The highest BCUT2D eigenvalue weighted by molar-refractivity contribution is 7.12. The Morgan fingerprint density at radius 2 is 1.85 bits per heavy atom. The van der Waals surface area contributed by atoms with Gasteiger partial charge in [0.25, 0.3) is 5.91 Å². The van der Waals surface area contributed by atoms with Crippen molar-refractivity contribution in [3.8, 4) is 0 Å². The fraction of sp³-hybridized carbons (Fsp3) is 0.450. The summed E-state index contributed by atoms with van der Waals surface area (Å²) in [5.41, 5.74) is 1.12. The second-order valence-corrected chi connectivity index (χ2v) is 8.08. The van der Waals surface area contributed by atoms with Gasteiger partial charge in [-0.25, -0.2) is 4.98 Å². The SMILES string of the molecule is O=C(Nc1ccc(N2CCCC2)cn1)C1CCN(C(=O)c2cccs2)CC1. The lowest BCUT2D eigenvalue weighted by Crippen LogP contribution is -2.41. The molecule has 2 aliphatic rings. The maximum absolute atomic E-state index is 12.6. The number of amides is 2. The molecule has 27 heavy (non-hydrogen) atoms. The lowest BCUT2D eigenvalue weighted by atomic mass is 9.96. The van der Waals surface area contributed by atoms with Crippen LogP contribution in [0.2, 0.25) is 0 Å². The number of nitrogens with one attached hydrogen (secondary N) is 1. The highest BCUT2D eigenvalue weighted by Gasteiger charge is 2.28. The van der Waals surface area contributed by atoms with Crippen LogP contribution in [-0.4, -0.2) is 47.9 Å². The van der Waals surface area contributed by atoms with Crippen LogP contribution in [0, 0.1) is 5.92 Å². The molecule has 1 N–H and O–H groups in total. The van der Waals surface area contributed by atoms with Crippen LogP contribution in [0.25, 0.3) is 0 Å². The van der Waals surface area contributed by atoms with Crippen molar-refractivity contribution in [2.75, 3.05) is 36.4 Å². The zero-order valence-electron chi connectivity index (χ0n) is 15.3. The first-order chi connectivity index (χ1) is 13.2. The van der Waals surface area contributed by atoms with Crippen LogP contribution in [0.3, 0.4) is 0 Å². The molecule has 0 spiro atoms. The quantitative estimate of drug-likeness (QED) is 0.879. The molecule has 7 heteroatoms. The van der Waals surface area contributed by atoms with Crippen LogP contribution in [0.5, 0.6) is 0 Å². The van der Waals surface area contributed by atoms with E-state index in [9.17, 15) is 9.59 Å². The first-order valence-electron chi connectivity index (χ1n) is 9.55. The van der Waals surface area contributed by atoms with E-state index >= 15 is 0 Å². The largest absolute Gasteiger partial charge is 0.370 e. The van der Waals surface area contributed by atoms with Crippen LogP contribution >= 0.6 is 11.3 Å². The van der Waals surface area contributed by atoms with E-state index in [0.717, 1.165) is 23.7 Å². The van der Waals surface area contributed by atoms with E-state index in [-0.39, 0.29) is 17.7 Å². The van der Waals surface area contributed by atoms with Crippen LogP contribution in [-0.2, 0) is 4.79 Å². The Morgan fingerprint density at radius 1 is 1.07 bits per heavy atom. The summed E-state index contributed by atoms with van der Waals surface area (Å²) in [5, 5.41) is 4.84. The molecule has 142 valence electrons. The first kappa shape index (κ1) is 18.0. The van der Waals surface area contributed by atoms with Gasteiger partial charge in [0.05, 0.1) is 16.8 Å². The molecule has 2 amide bonds. The minimum Gasteiger partial charge on any atom is -0.370 e. The molecule has 0 aromatic carbocycles. The minimum absolute atomic E-state index is 0.000329. The molecule has 4 rings (SSSR count). The lowest BCUT2D eigenvalue weighted by molar-refractivity contribution is -0.121. The topological polar surface area (TPSA) is 65.5 Å². The second-order valence-electron chi connectivity index (χ2n) is 7.13. The summed E-state index contributed by atoms with van der Waals surface area (Å²) in [7, 11) is 0. The molecule has 0 atom stereocenters. The summed E-state index contributed by atoms with van der Waals surface area (Å²) in [6.45, 7) is 3.40. The van der Waals surface area contributed by atoms with E-state index in [2.05, 4.69) is 15.2 Å². The van der Waals surface area contributed by atoms with Gasteiger partial charge < -0.3 is 15.1 Å². The third-order valence-electron chi connectivity index (χ3n) is 5.36. The van der Waals surface area contributed by atoms with Gasteiger partial charge >= 0.3 is 0 Å². The number of piperidine rings is 1. The molecule has 6 nitrogen and oxygen atoms in total. The molecule has 0 bridgehead atoms. The summed E-state index contributed by atoms with van der Waals surface area (Å²) in [6.07, 6.45) is 5.67. The molecule has 2 saturated heterocycles. The van der Waals surface area contributed by atoms with Gasteiger partial charge in [-0.1, -0.05) is 6.07 Å².